The molecular formula is C24H48O8. The van der Waals surface area contributed by atoms with Crippen LogP contribution >= 0.6 is 0 Å². The lowest BCUT2D eigenvalue weighted by Gasteiger charge is -2.24. The van der Waals surface area contributed by atoms with Gasteiger partial charge in [0.15, 0.2) is 0 Å². The summed E-state index contributed by atoms with van der Waals surface area (Å²) in [6, 6.07) is 0. The summed E-state index contributed by atoms with van der Waals surface area (Å²) in [5.74, 6) is -0.664. The summed E-state index contributed by atoms with van der Waals surface area (Å²) >= 11 is 0. The van der Waals surface area contributed by atoms with E-state index < -0.39 is 43.6 Å². The molecule has 0 aromatic rings. The number of aliphatic hydroxyl groups is 6. The first-order chi connectivity index (χ1) is 15.3. The van der Waals surface area contributed by atoms with Gasteiger partial charge in [0.1, 0.15) is 24.4 Å². The van der Waals surface area contributed by atoms with Crippen LogP contribution in [-0.4, -0.2) is 79.3 Å². The van der Waals surface area contributed by atoms with Crippen LogP contribution in [0.25, 0.3) is 0 Å². The van der Waals surface area contributed by atoms with Crippen LogP contribution in [0.4, 0.5) is 0 Å². The van der Waals surface area contributed by atoms with Crippen LogP contribution in [0, 0.1) is 0 Å². The maximum Gasteiger partial charge on any atom is 0.303 e. The molecule has 32 heavy (non-hydrogen) atoms. The molecule has 192 valence electrons. The van der Waals surface area contributed by atoms with Crippen LogP contribution in [0.1, 0.15) is 96.8 Å². The average molecular weight is 465 g/mol. The van der Waals surface area contributed by atoms with Crippen molar-refractivity contribution in [3.05, 3.63) is 12.2 Å². The third-order valence-corrected chi connectivity index (χ3v) is 5.16. The molecule has 0 heterocycles. The molecule has 0 amide bonds. The van der Waals surface area contributed by atoms with Crippen molar-refractivity contribution < 1.29 is 40.5 Å². The molecule has 0 saturated carbocycles. The zero-order valence-corrected chi connectivity index (χ0v) is 19.8. The predicted molar refractivity (Wildman–Crippen MR) is 125 cm³/mol. The van der Waals surface area contributed by atoms with Crippen LogP contribution in [0.3, 0.4) is 0 Å². The van der Waals surface area contributed by atoms with Gasteiger partial charge >= 0.3 is 5.97 Å². The van der Waals surface area contributed by atoms with Crippen molar-refractivity contribution in [2.24, 2.45) is 0 Å². The molecule has 0 aliphatic carbocycles. The molecule has 0 bridgehead atoms. The highest BCUT2D eigenvalue weighted by Gasteiger charge is 2.29. The molecule has 8 nitrogen and oxygen atoms in total. The number of aliphatic carboxylic acids is 1. The highest BCUT2D eigenvalue weighted by atomic mass is 16.4. The smallest absolute Gasteiger partial charge is 0.303 e. The Morgan fingerprint density at radius 2 is 1.03 bits per heavy atom. The van der Waals surface area contributed by atoms with E-state index >= 15 is 0 Å². The van der Waals surface area contributed by atoms with Crippen molar-refractivity contribution in [1.82, 2.24) is 0 Å². The van der Waals surface area contributed by atoms with E-state index in [-0.39, 0.29) is 0 Å². The zero-order chi connectivity index (χ0) is 24.6. The number of hydrogen-bond donors (Lipinski definition) is 7. The van der Waals surface area contributed by atoms with Crippen LogP contribution in [0.15, 0.2) is 12.2 Å². The van der Waals surface area contributed by atoms with E-state index in [1.807, 2.05) is 0 Å². The van der Waals surface area contributed by atoms with Gasteiger partial charge in [-0.25, -0.2) is 0 Å². The van der Waals surface area contributed by atoms with Crippen molar-refractivity contribution >= 4 is 5.97 Å². The summed E-state index contributed by atoms with van der Waals surface area (Å²) in [5.41, 5.74) is 0. The minimum Gasteiger partial charge on any atom is -0.481 e. The molecule has 7 N–H and O–H groups in total. The third kappa shape index (κ3) is 22.2. The van der Waals surface area contributed by atoms with Crippen LogP contribution in [0.2, 0.25) is 0 Å². The number of rotatable bonds is 20. The predicted octanol–water partition coefficient (Wildman–Crippen LogP) is 2.52. The molecule has 0 aromatic heterocycles. The van der Waals surface area contributed by atoms with Crippen LogP contribution in [0.5, 0.6) is 0 Å². The Balaban J connectivity index is 0. The van der Waals surface area contributed by atoms with Crippen molar-refractivity contribution in [2.45, 2.75) is 121 Å². The fourth-order valence-corrected chi connectivity index (χ4v) is 3.02. The normalized spacial score (nSPS) is 15.1. The van der Waals surface area contributed by atoms with E-state index in [0.717, 1.165) is 12.8 Å². The van der Waals surface area contributed by atoms with Gasteiger partial charge in [-0.3, -0.25) is 4.79 Å². The summed E-state index contributed by atoms with van der Waals surface area (Å²) in [4.78, 5) is 10.3. The Bertz CT molecular complexity index is 416. The number of carbonyl (C=O) groups is 1. The second kappa shape index (κ2) is 24.6. The third-order valence-electron chi connectivity index (χ3n) is 5.16. The molecule has 0 aromatic carbocycles. The van der Waals surface area contributed by atoms with Gasteiger partial charge in [0.2, 0.25) is 0 Å². The van der Waals surface area contributed by atoms with Gasteiger partial charge in [-0.05, 0) is 32.1 Å². The Kier molecular flexibility index (Phi) is 25.5. The number of aliphatic hydroxyl groups excluding tert-OH is 6. The van der Waals surface area contributed by atoms with Gasteiger partial charge in [-0.1, -0.05) is 70.4 Å². The summed E-state index contributed by atoms with van der Waals surface area (Å²) in [7, 11) is 0. The average Bonchev–Trinajstić information content (AvgIpc) is 2.79. The molecule has 0 unspecified atom stereocenters. The lowest BCUT2D eigenvalue weighted by molar-refractivity contribution is -0.137. The fourth-order valence-electron chi connectivity index (χ4n) is 3.02. The SMILES string of the molecule is CCCCCCCCC=CCCCCCCCC(=O)O.OC[C@@H](O)[C@@H](O)[C@H](O)[C@@H](O)CO. The summed E-state index contributed by atoms with van der Waals surface area (Å²) < 4.78 is 0. The summed E-state index contributed by atoms with van der Waals surface area (Å²) in [6.45, 7) is 0.807. The van der Waals surface area contributed by atoms with Crippen molar-refractivity contribution in [3.63, 3.8) is 0 Å². The first-order valence-corrected chi connectivity index (χ1v) is 12.1. The minimum absolute atomic E-state index is 0.332. The van der Waals surface area contributed by atoms with E-state index in [2.05, 4.69) is 19.1 Å². The number of hydrogen-bond acceptors (Lipinski definition) is 7. The maximum atomic E-state index is 10.3. The molecule has 4 atom stereocenters. The maximum absolute atomic E-state index is 10.3. The van der Waals surface area contributed by atoms with Crippen LogP contribution in [-0.2, 0) is 4.79 Å². The minimum atomic E-state index is -1.67. The Labute approximate surface area is 193 Å². The van der Waals surface area contributed by atoms with Crippen molar-refractivity contribution in [1.29, 1.82) is 0 Å². The van der Waals surface area contributed by atoms with Gasteiger partial charge < -0.3 is 35.7 Å². The second-order valence-corrected chi connectivity index (χ2v) is 8.21. The fraction of sp³-hybridized carbons (Fsp3) is 0.875. The van der Waals surface area contributed by atoms with E-state index in [1.165, 1.54) is 70.6 Å². The van der Waals surface area contributed by atoms with Gasteiger partial charge in [-0.2, -0.15) is 0 Å². The molecular weight excluding hydrogens is 416 g/mol. The molecule has 0 aliphatic heterocycles. The molecule has 0 fully saturated rings. The quantitative estimate of drug-likeness (QED) is 0.107. The largest absolute Gasteiger partial charge is 0.481 e. The van der Waals surface area contributed by atoms with Gasteiger partial charge in [0.05, 0.1) is 13.2 Å². The molecule has 0 spiro atoms. The number of unbranched alkanes of at least 4 members (excludes halogenated alkanes) is 11. The van der Waals surface area contributed by atoms with Gasteiger partial charge in [0, 0.05) is 6.42 Å². The first-order valence-electron chi connectivity index (χ1n) is 12.1. The highest BCUT2D eigenvalue weighted by Crippen LogP contribution is 2.10. The number of carboxylic acids is 1. The molecule has 0 radical (unpaired) electrons. The number of carboxylic acid groups (broad SMARTS) is 1. The lowest BCUT2D eigenvalue weighted by atomic mass is 10.0. The zero-order valence-electron chi connectivity index (χ0n) is 19.8. The number of allylic oxidation sites excluding steroid dienone is 2. The highest BCUT2D eigenvalue weighted by molar-refractivity contribution is 5.66. The Morgan fingerprint density at radius 1 is 0.656 bits per heavy atom. The topological polar surface area (TPSA) is 159 Å². The molecule has 0 rings (SSSR count). The van der Waals surface area contributed by atoms with E-state index in [0.29, 0.717) is 6.42 Å². The van der Waals surface area contributed by atoms with Crippen molar-refractivity contribution in [3.8, 4) is 0 Å². The summed E-state index contributed by atoms with van der Waals surface area (Å²) in [5, 5.41) is 60.7. The molecule has 0 aliphatic rings. The molecule has 0 saturated heterocycles. The Morgan fingerprint density at radius 3 is 1.41 bits per heavy atom. The second-order valence-electron chi connectivity index (χ2n) is 8.21. The lowest BCUT2D eigenvalue weighted by Crippen LogP contribution is -2.46. The van der Waals surface area contributed by atoms with Crippen LogP contribution < -0.4 is 0 Å². The van der Waals surface area contributed by atoms with Crippen molar-refractivity contribution in [2.75, 3.05) is 13.2 Å². The summed E-state index contributed by atoms with van der Waals surface area (Å²) in [6.07, 6.45) is 14.8. The van der Waals surface area contributed by atoms with Gasteiger partial charge in [-0.15, -0.1) is 0 Å². The Hall–Kier alpha value is -1.03. The monoisotopic (exact) mass is 464 g/mol. The van der Waals surface area contributed by atoms with E-state index in [9.17, 15) is 4.79 Å². The van der Waals surface area contributed by atoms with E-state index in [4.69, 9.17) is 35.7 Å². The molecule has 8 heteroatoms. The van der Waals surface area contributed by atoms with Gasteiger partial charge in [0.25, 0.3) is 0 Å². The van der Waals surface area contributed by atoms with E-state index in [1.54, 1.807) is 0 Å². The standard InChI is InChI=1S/C18H34O2.C6H14O6/c1-2-3-4-5-6-7-8-9-10-11-12-13-14-15-16-17-18(19)20;7-1-3(9)5(11)6(12)4(10)2-8/h9-10H,2-8,11-17H2,1H3,(H,19,20);3-12H,1-2H2/t;3-,4+,5-,6-/m.1/s1. The first kappa shape index (κ1) is 33.1.